The summed E-state index contributed by atoms with van der Waals surface area (Å²) in [5.41, 5.74) is 2.51. The van der Waals surface area contributed by atoms with Crippen LogP contribution in [0.3, 0.4) is 0 Å². The van der Waals surface area contributed by atoms with Crippen LogP contribution >= 0.6 is 0 Å². The highest BCUT2D eigenvalue weighted by atomic mass is 15.3. The summed E-state index contributed by atoms with van der Waals surface area (Å²) in [7, 11) is 0. The van der Waals surface area contributed by atoms with Crippen LogP contribution in [0.25, 0.3) is 0 Å². The molecule has 1 aromatic heterocycles. The standard InChI is InChI=1S/C13H25N3/c1-5-14-8-7-11(3)9-13-10-12(4)15-16(13)6-2/h10-11,14H,5-9H2,1-4H3. The van der Waals surface area contributed by atoms with E-state index in [4.69, 9.17) is 0 Å². The number of rotatable bonds is 7. The second-order valence-electron chi connectivity index (χ2n) is 4.54. The zero-order chi connectivity index (χ0) is 12.0. The maximum atomic E-state index is 4.48. The van der Waals surface area contributed by atoms with Crippen LogP contribution < -0.4 is 5.32 Å². The van der Waals surface area contributed by atoms with Crippen LogP contribution in [0.5, 0.6) is 0 Å². The van der Waals surface area contributed by atoms with E-state index in [1.165, 1.54) is 12.1 Å². The number of hydrogen-bond acceptors (Lipinski definition) is 2. The summed E-state index contributed by atoms with van der Waals surface area (Å²) < 4.78 is 2.12. The van der Waals surface area contributed by atoms with Crippen molar-refractivity contribution in [2.24, 2.45) is 5.92 Å². The van der Waals surface area contributed by atoms with Gasteiger partial charge in [-0.3, -0.25) is 4.68 Å². The van der Waals surface area contributed by atoms with Gasteiger partial charge in [-0.15, -0.1) is 0 Å². The maximum absolute atomic E-state index is 4.48. The lowest BCUT2D eigenvalue weighted by atomic mass is 10.0. The van der Waals surface area contributed by atoms with Gasteiger partial charge in [0, 0.05) is 12.2 Å². The first-order valence-corrected chi connectivity index (χ1v) is 6.41. The molecule has 1 unspecified atom stereocenters. The lowest BCUT2D eigenvalue weighted by Crippen LogP contribution is -2.18. The zero-order valence-electron chi connectivity index (χ0n) is 11.1. The number of nitrogens with zero attached hydrogens (tertiary/aromatic N) is 2. The van der Waals surface area contributed by atoms with Gasteiger partial charge in [-0.05, 0) is 51.8 Å². The highest BCUT2D eigenvalue weighted by Crippen LogP contribution is 2.12. The Morgan fingerprint density at radius 1 is 1.44 bits per heavy atom. The number of nitrogens with one attached hydrogen (secondary N) is 1. The summed E-state index contributed by atoms with van der Waals surface area (Å²) in [6.45, 7) is 11.9. The van der Waals surface area contributed by atoms with Crippen molar-refractivity contribution in [2.45, 2.75) is 47.1 Å². The molecule has 0 aliphatic rings. The predicted octanol–water partition coefficient (Wildman–Crippen LogP) is 2.39. The Labute approximate surface area is 99.2 Å². The SMILES string of the molecule is CCNCCC(C)Cc1cc(C)nn1CC. The quantitative estimate of drug-likeness (QED) is 0.719. The number of aromatic nitrogens is 2. The van der Waals surface area contributed by atoms with E-state index in [0.717, 1.165) is 37.7 Å². The molecule has 0 amide bonds. The van der Waals surface area contributed by atoms with Crippen LogP contribution in [-0.2, 0) is 13.0 Å². The van der Waals surface area contributed by atoms with Crippen LogP contribution in [-0.4, -0.2) is 22.9 Å². The van der Waals surface area contributed by atoms with E-state index in [1.54, 1.807) is 0 Å². The second-order valence-corrected chi connectivity index (χ2v) is 4.54. The first kappa shape index (κ1) is 13.2. The summed E-state index contributed by atoms with van der Waals surface area (Å²) in [6.07, 6.45) is 2.38. The van der Waals surface area contributed by atoms with Crippen molar-refractivity contribution in [3.05, 3.63) is 17.5 Å². The first-order valence-electron chi connectivity index (χ1n) is 6.41. The highest BCUT2D eigenvalue weighted by molar-refractivity contribution is 5.09. The molecule has 1 atom stereocenters. The Morgan fingerprint density at radius 2 is 2.19 bits per heavy atom. The van der Waals surface area contributed by atoms with Crippen molar-refractivity contribution in [2.75, 3.05) is 13.1 Å². The van der Waals surface area contributed by atoms with E-state index in [9.17, 15) is 0 Å². The van der Waals surface area contributed by atoms with Crippen LogP contribution in [0.15, 0.2) is 6.07 Å². The second kappa shape index (κ2) is 6.69. The van der Waals surface area contributed by atoms with Crippen LogP contribution in [0.2, 0.25) is 0 Å². The molecule has 1 heterocycles. The molecule has 3 nitrogen and oxygen atoms in total. The topological polar surface area (TPSA) is 29.9 Å². The first-order chi connectivity index (χ1) is 7.67. The molecule has 0 fully saturated rings. The number of aryl methyl sites for hydroxylation is 2. The van der Waals surface area contributed by atoms with Gasteiger partial charge in [-0.25, -0.2) is 0 Å². The number of hydrogen-bond donors (Lipinski definition) is 1. The van der Waals surface area contributed by atoms with Crippen molar-refractivity contribution >= 4 is 0 Å². The minimum atomic E-state index is 0.723. The van der Waals surface area contributed by atoms with Gasteiger partial charge in [0.2, 0.25) is 0 Å². The van der Waals surface area contributed by atoms with E-state index in [-0.39, 0.29) is 0 Å². The minimum Gasteiger partial charge on any atom is -0.317 e. The molecule has 1 aromatic rings. The van der Waals surface area contributed by atoms with Gasteiger partial charge in [-0.1, -0.05) is 13.8 Å². The lowest BCUT2D eigenvalue weighted by molar-refractivity contribution is 0.481. The Kier molecular flexibility index (Phi) is 5.53. The third-order valence-corrected chi connectivity index (χ3v) is 2.91. The maximum Gasteiger partial charge on any atom is 0.0596 e. The molecule has 0 aromatic carbocycles. The molecule has 1 N–H and O–H groups in total. The predicted molar refractivity (Wildman–Crippen MR) is 68.7 cm³/mol. The smallest absolute Gasteiger partial charge is 0.0596 e. The Bertz CT molecular complexity index is 304. The summed E-state index contributed by atoms with van der Waals surface area (Å²) in [4.78, 5) is 0. The Morgan fingerprint density at radius 3 is 2.81 bits per heavy atom. The van der Waals surface area contributed by atoms with E-state index < -0.39 is 0 Å². The fourth-order valence-corrected chi connectivity index (χ4v) is 2.02. The van der Waals surface area contributed by atoms with Crippen LogP contribution in [0.4, 0.5) is 0 Å². The van der Waals surface area contributed by atoms with E-state index >= 15 is 0 Å². The highest BCUT2D eigenvalue weighted by Gasteiger charge is 2.08. The van der Waals surface area contributed by atoms with Gasteiger partial charge in [0.15, 0.2) is 0 Å². The zero-order valence-corrected chi connectivity index (χ0v) is 11.1. The molecule has 0 saturated carbocycles. The van der Waals surface area contributed by atoms with Gasteiger partial charge in [0.05, 0.1) is 5.69 Å². The normalized spacial score (nSPS) is 13.0. The third-order valence-electron chi connectivity index (χ3n) is 2.91. The van der Waals surface area contributed by atoms with Crippen molar-refractivity contribution in [1.29, 1.82) is 0 Å². The molecular formula is C13H25N3. The molecule has 16 heavy (non-hydrogen) atoms. The van der Waals surface area contributed by atoms with Crippen molar-refractivity contribution < 1.29 is 0 Å². The van der Waals surface area contributed by atoms with Gasteiger partial charge in [0.1, 0.15) is 0 Å². The Balaban J connectivity index is 2.45. The van der Waals surface area contributed by atoms with E-state index in [0.29, 0.717) is 0 Å². The summed E-state index contributed by atoms with van der Waals surface area (Å²) in [6, 6.07) is 2.22. The third kappa shape index (κ3) is 3.97. The lowest BCUT2D eigenvalue weighted by Gasteiger charge is -2.12. The summed E-state index contributed by atoms with van der Waals surface area (Å²) in [5.74, 6) is 0.723. The molecule has 92 valence electrons. The molecule has 0 spiro atoms. The van der Waals surface area contributed by atoms with Gasteiger partial charge >= 0.3 is 0 Å². The molecule has 0 aliphatic heterocycles. The molecule has 0 radical (unpaired) electrons. The summed E-state index contributed by atoms with van der Waals surface area (Å²) >= 11 is 0. The van der Waals surface area contributed by atoms with Gasteiger partial charge in [-0.2, -0.15) is 5.10 Å². The fourth-order valence-electron chi connectivity index (χ4n) is 2.02. The average molecular weight is 223 g/mol. The van der Waals surface area contributed by atoms with Crippen LogP contribution in [0, 0.1) is 12.8 Å². The summed E-state index contributed by atoms with van der Waals surface area (Å²) in [5, 5.41) is 7.86. The fraction of sp³-hybridized carbons (Fsp3) is 0.769. The largest absolute Gasteiger partial charge is 0.317 e. The van der Waals surface area contributed by atoms with Gasteiger partial charge < -0.3 is 5.32 Å². The Hall–Kier alpha value is -0.830. The van der Waals surface area contributed by atoms with E-state index in [1.807, 2.05) is 0 Å². The molecule has 0 saturated heterocycles. The van der Waals surface area contributed by atoms with Gasteiger partial charge in [0.25, 0.3) is 0 Å². The molecular weight excluding hydrogens is 198 g/mol. The van der Waals surface area contributed by atoms with Crippen molar-refractivity contribution in [3.63, 3.8) is 0 Å². The van der Waals surface area contributed by atoms with Crippen molar-refractivity contribution in [1.82, 2.24) is 15.1 Å². The average Bonchev–Trinajstić information content (AvgIpc) is 2.59. The molecule has 0 aliphatic carbocycles. The molecule has 3 heteroatoms. The molecule has 1 rings (SSSR count). The van der Waals surface area contributed by atoms with Crippen LogP contribution in [0.1, 0.15) is 38.6 Å². The van der Waals surface area contributed by atoms with Crippen molar-refractivity contribution in [3.8, 4) is 0 Å². The minimum absolute atomic E-state index is 0.723. The van der Waals surface area contributed by atoms with E-state index in [2.05, 4.69) is 48.9 Å². The molecule has 0 bridgehead atoms. The monoisotopic (exact) mass is 223 g/mol.